The predicted molar refractivity (Wildman–Crippen MR) is 72.7 cm³/mol. The lowest BCUT2D eigenvalue weighted by molar-refractivity contribution is -0.117. The molecule has 0 aromatic heterocycles. The molecule has 1 aromatic carbocycles. The summed E-state index contributed by atoms with van der Waals surface area (Å²) in [4.78, 5) is 13.7. The Labute approximate surface area is 108 Å². The van der Waals surface area contributed by atoms with E-state index in [0.29, 0.717) is 11.4 Å². The average molecular weight is 251 g/mol. The van der Waals surface area contributed by atoms with Crippen LogP contribution in [0.25, 0.3) is 0 Å². The molecule has 1 aromatic rings. The summed E-state index contributed by atoms with van der Waals surface area (Å²) in [6.07, 6.45) is 0. The van der Waals surface area contributed by atoms with Gasteiger partial charge >= 0.3 is 0 Å². The van der Waals surface area contributed by atoms with Gasteiger partial charge in [-0.2, -0.15) is 0 Å². The number of hydrogen-bond donors (Lipinski definition) is 2. The normalized spacial score (nSPS) is 12.3. The Balaban J connectivity index is 2.95. The molecule has 1 rings (SSSR count). The summed E-state index contributed by atoms with van der Waals surface area (Å²) in [7, 11) is 5.55. The first-order chi connectivity index (χ1) is 8.43. The first-order valence-electron chi connectivity index (χ1n) is 5.82. The number of rotatable bonds is 5. The zero-order valence-corrected chi connectivity index (χ0v) is 11.4. The summed E-state index contributed by atoms with van der Waals surface area (Å²) in [6, 6.07) is 5.17. The van der Waals surface area contributed by atoms with Crippen molar-refractivity contribution in [3.8, 4) is 5.75 Å². The van der Waals surface area contributed by atoms with Crippen molar-refractivity contribution < 1.29 is 9.53 Å². The van der Waals surface area contributed by atoms with Gasteiger partial charge < -0.3 is 20.7 Å². The Bertz CT molecular complexity index is 417. The minimum atomic E-state index is -0.549. The van der Waals surface area contributed by atoms with E-state index < -0.39 is 6.04 Å². The van der Waals surface area contributed by atoms with E-state index in [-0.39, 0.29) is 5.91 Å². The second-order valence-electron chi connectivity index (χ2n) is 4.55. The van der Waals surface area contributed by atoms with Crippen LogP contribution in [0.1, 0.15) is 12.5 Å². The third-order valence-corrected chi connectivity index (χ3v) is 2.43. The molecule has 0 fully saturated rings. The topological polar surface area (TPSA) is 67.6 Å². The van der Waals surface area contributed by atoms with Gasteiger partial charge in [-0.05, 0) is 38.7 Å². The highest BCUT2D eigenvalue weighted by molar-refractivity contribution is 5.95. The van der Waals surface area contributed by atoms with Gasteiger partial charge in [0.05, 0.1) is 18.8 Å². The van der Waals surface area contributed by atoms with Crippen LogP contribution in [0.3, 0.4) is 0 Å². The van der Waals surface area contributed by atoms with E-state index in [1.54, 1.807) is 14.0 Å². The van der Waals surface area contributed by atoms with Gasteiger partial charge in [0.1, 0.15) is 5.75 Å². The number of nitrogens with two attached hydrogens (primary N) is 1. The van der Waals surface area contributed by atoms with Crippen molar-refractivity contribution in [2.24, 2.45) is 5.73 Å². The maximum absolute atomic E-state index is 11.6. The minimum absolute atomic E-state index is 0.227. The Morgan fingerprint density at radius 3 is 2.67 bits per heavy atom. The van der Waals surface area contributed by atoms with Crippen molar-refractivity contribution in [1.29, 1.82) is 0 Å². The fraction of sp³-hybridized carbons (Fsp3) is 0.462. The Morgan fingerprint density at radius 2 is 2.17 bits per heavy atom. The molecule has 0 saturated heterocycles. The summed E-state index contributed by atoms with van der Waals surface area (Å²) < 4.78 is 5.22. The fourth-order valence-electron chi connectivity index (χ4n) is 1.56. The van der Waals surface area contributed by atoms with Crippen molar-refractivity contribution in [2.45, 2.75) is 19.5 Å². The van der Waals surface area contributed by atoms with Gasteiger partial charge in [-0.1, -0.05) is 6.07 Å². The van der Waals surface area contributed by atoms with E-state index in [4.69, 9.17) is 10.5 Å². The SMILES string of the molecule is COc1ccc(CN(C)C)cc1NC(=O)C(C)N. The number of ether oxygens (including phenoxy) is 1. The molecule has 1 atom stereocenters. The van der Waals surface area contributed by atoms with Crippen LogP contribution in [0.15, 0.2) is 18.2 Å². The fourth-order valence-corrected chi connectivity index (χ4v) is 1.56. The number of nitrogens with one attached hydrogen (secondary N) is 1. The quantitative estimate of drug-likeness (QED) is 0.820. The molecule has 100 valence electrons. The van der Waals surface area contributed by atoms with Crippen molar-refractivity contribution >= 4 is 11.6 Å². The van der Waals surface area contributed by atoms with Crippen LogP contribution >= 0.6 is 0 Å². The maximum atomic E-state index is 11.6. The van der Waals surface area contributed by atoms with E-state index in [1.807, 2.05) is 32.3 Å². The summed E-state index contributed by atoms with van der Waals surface area (Å²) in [5.74, 6) is 0.404. The number of anilines is 1. The molecule has 0 spiro atoms. The first-order valence-corrected chi connectivity index (χ1v) is 5.82. The highest BCUT2D eigenvalue weighted by Gasteiger charge is 2.11. The molecule has 0 aliphatic heterocycles. The Hall–Kier alpha value is -1.59. The van der Waals surface area contributed by atoms with Gasteiger partial charge in [0.25, 0.3) is 0 Å². The summed E-state index contributed by atoms with van der Waals surface area (Å²) in [6.45, 7) is 2.44. The molecular formula is C13H21N3O2. The van der Waals surface area contributed by atoms with E-state index in [1.165, 1.54) is 0 Å². The van der Waals surface area contributed by atoms with Crippen LogP contribution < -0.4 is 15.8 Å². The minimum Gasteiger partial charge on any atom is -0.495 e. The number of hydrogen-bond acceptors (Lipinski definition) is 4. The summed E-state index contributed by atoms with van der Waals surface area (Å²) in [5.41, 5.74) is 7.28. The summed E-state index contributed by atoms with van der Waals surface area (Å²) >= 11 is 0. The highest BCUT2D eigenvalue weighted by Crippen LogP contribution is 2.26. The molecule has 5 nitrogen and oxygen atoms in total. The molecule has 0 aliphatic rings. The van der Waals surface area contributed by atoms with E-state index in [0.717, 1.165) is 12.1 Å². The molecule has 1 unspecified atom stereocenters. The number of benzene rings is 1. The molecule has 0 radical (unpaired) electrons. The number of nitrogens with zero attached hydrogens (tertiary/aromatic N) is 1. The second kappa shape index (κ2) is 6.37. The molecule has 0 bridgehead atoms. The Kier molecular flexibility index (Phi) is 5.12. The molecule has 0 heterocycles. The number of methoxy groups -OCH3 is 1. The molecule has 18 heavy (non-hydrogen) atoms. The third-order valence-electron chi connectivity index (χ3n) is 2.43. The third kappa shape index (κ3) is 4.01. The van der Waals surface area contributed by atoms with Crippen LogP contribution in [-0.4, -0.2) is 38.1 Å². The van der Waals surface area contributed by atoms with Crippen LogP contribution in [0.2, 0.25) is 0 Å². The van der Waals surface area contributed by atoms with Gasteiger partial charge in [-0.3, -0.25) is 4.79 Å². The van der Waals surface area contributed by atoms with Gasteiger partial charge in [-0.25, -0.2) is 0 Å². The van der Waals surface area contributed by atoms with E-state index in [9.17, 15) is 4.79 Å². The molecule has 0 aliphatic carbocycles. The zero-order chi connectivity index (χ0) is 13.7. The van der Waals surface area contributed by atoms with Gasteiger partial charge in [-0.15, -0.1) is 0 Å². The molecular weight excluding hydrogens is 230 g/mol. The van der Waals surface area contributed by atoms with Crippen molar-refractivity contribution in [2.75, 3.05) is 26.5 Å². The van der Waals surface area contributed by atoms with Gasteiger partial charge in [0, 0.05) is 6.54 Å². The molecule has 0 saturated carbocycles. The lowest BCUT2D eigenvalue weighted by Crippen LogP contribution is -2.32. The van der Waals surface area contributed by atoms with E-state index in [2.05, 4.69) is 10.2 Å². The number of amides is 1. The smallest absolute Gasteiger partial charge is 0.241 e. The molecule has 1 amide bonds. The number of carbonyl (C=O) groups excluding carboxylic acids is 1. The number of carbonyl (C=O) groups is 1. The molecule has 3 N–H and O–H groups in total. The Morgan fingerprint density at radius 1 is 1.50 bits per heavy atom. The summed E-state index contributed by atoms with van der Waals surface area (Å²) in [5, 5.41) is 2.77. The maximum Gasteiger partial charge on any atom is 0.241 e. The van der Waals surface area contributed by atoms with Crippen molar-refractivity contribution in [3.63, 3.8) is 0 Å². The van der Waals surface area contributed by atoms with Gasteiger partial charge in [0.15, 0.2) is 0 Å². The van der Waals surface area contributed by atoms with Crippen molar-refractivity contribution in [3.05, 3.63) is 23.8 Å². The largest absolute Gasteiger partial charge is 0.495 e. The van der Waals surface area contributed by atoms with Crippen LogP contribution in [0, 0.1) is 0 Å². The highest BCUT2D eigenvalue weighted by atomic mass is 16.5. The van der Waals surface area contributed by atoms with Crippen molar-refractivity contribution in [1.82, 2.24) is 4.90 Å². The van der Waals surface area contributed by atoms with Crippen LogP contribution in [0.4, 0.5) is 5.69 Å². The monoisotopic (exact) mass is 251 g/mol. The van der Waals surface area contributed by atoms with Gasteiger partial charge in [0.2, 0.25) is 5.91 Å². The van der Waals surface area contributed by atoms with E-state index >= 15 is 0 Å². The average Bonchev–Trinajstić information content (AvgIpc) is 2.28. The lowest BCUT2D eigenvalue weighted by Gasteiger charge is -2.15. The second-order valence-corrected chi connectivity index (χ2v) is 4.55. The zero-order valence-electron chi connectivity index (χ0n) is 11.4. The first kappa shape index (κ1) is 14.5. The predicted octanol–water partition coefficient (Wildman–Crippen LogP) is 1.04. The molecule has 5 heteroatoms. The van der Waals surface area contributed by atoms with Crippen LogP contribution in [0.5, 0.6) is 5.75 Å². The van der Waals surface area contributed by atoms with Crippen LogP contribution in [-0.2, 0) is 11.3 Å². The standard InChI is InChI=1S/C13H21N3O2/c1-9(14)13(17)15-11-7-10(8-16(2)3)5-6-12(11)18-4/h5-7,9H,8,14H2,1-4H3,(H,15,17). The lowest BCUT2D eigenvalue weighted by atomic mass is 10.1.